The van der Waals surface area contributed by atoms with Gasteiger partial charge in [-0.25, -0.2) is 5.43 Å². The van der Waals surface area contributed by atoms with Crippen molar-refractivity contribution in [2.45, 2.75) is 18.5 Å². The summed E-state index contributed by atoms with van der Waals surface area (Å²) in [5.74, 6) is -0.269. The smallest absolute Gasteiger partial charge is 0.229 e. The maximum Gasteiger partial charge on any atom is 0.229 e. The molecule has 3 atom stereocenters. The van der Waals surface area contributed by atoms with Crippen molar-refractivity contribution in [3.63, 3.8) is 0 Å². The molecule has 0 radical (unpaired) electrons. The highest BCUT2D eigenvalue weighted by molar-refractivity contribution is 6.30. The second kappa shape index (κ2) is 7.68. The number of carbonyl (C=O) groups excluding carboxylic acids is 2. The van der Waals surface area contributed by atoms with Gasteiger partial charge in [-0.2, -0.15) is 0 Å². The molecule has 3 unspecified atom stereocenters. The Hall–Kier alpha value is -2.41. The van der Waals surface area contributed by atoms with Crippen LogP contribution in [0.3, 0.4) is 0 Å². The molecule has 140 valence electrons. The summed E-state index contributed by atoms with van der Waals surface area (Å²) >= 11 is 5.92. The largest absolute Gasteiger partial charge is 0.351 e. The molecular formula is C20H21ClN4O2. The normalized spacial score (nSPS) is 25.0. The average molecular weight is 385 g/mol. The zero-order valence-corrected chi connectivity index (χ0v) is 15.4. The van der Waals surface area contributed by atoms with E-state index in [1.54, 1.807) is 17.0 Å². The third-order valence-corrected chi connectivity index (χ3v) is 5.34. The quantitative estimate of drug-likeness (QED) is 0.754. The van der Waals surface area contributed by atoms with Gasteiger partial charge in [-0.1, -0.05) is 41.9 Å². The Kier molecular flexibility index (Phi) is 5.11. The Morgan fingerprint density at radius 1 is 1.11 bits per heavy atom. The molecule has 2 aromatic rings. The summed E-state index contributed by atoms with van der Waals surface area (Å²) in [7, 11) is 0. The molecule has 0 aliphatic carbocycles. The van der Waals surface area contributed by atoms with Crippen molar-refractivity contribution >= 4 is 29.1 Å². The molecule has 7 heteroatoms. The number of hydrogen-bond acceptors (Lipinski definition) is 4. The van der Waals surface area contributed by atoms with Crippen LogP contribution in [-0.2, 0) is 9.59 Å². The first-order chi connectivity index (χ1) is 13.1. The van der Waals surface area contributed by atoms with Crippen molar-refractivity contribution in [2.75, 3.05) is 18.0 Å². The fourth-order valence-corrected chi connectivity index (χ4v) is 3.83. The number of anilines is 1. The van der Waals surface area contributed by atoms with Gasteiger partial charge in [0.2, 0.25) is 11.8 Å². The van der Waals surface area contributed by atoms with Crippen molar-refractivity contribution in [3.05, 3.63) is 65.2 Å². The predicted octanol–water partition coefficient (Wildman–Crippen LogP) is 2.03. The monoisotopic (exact) mass is 384 g/mol. The molecule has 2 saturated heterocycles. The Balaban J connectivity index is 1.41. The molecule has 0 bridgehead atoms. The molecule has 2 aliphatic rings. The van der Waals surface area contributed by atoms with Gasteiger partial charge in [0, 0.05) is 30.2 Å². The first kappa shape index (κ1) is 18.0. The Morgan fingerprint density at radius 2 is 1.85 bits per heavy atom. The maximum atomic E-state index is 12.8. The molecule has 2 aliphatic heterocycles. The molecule has 27 heavy (non-hydrogen) atoms. The van der Waals surface area contributed by atoms with E-state index < -0.39 is 0 Å². The maximum absolute atomic E-state index is 12.8. The highest BCUT2D eigenvalue weighted by Gasteiger charge is 2.37. The zero-order chi connectivity index (χ0) is 18.8. The number of nitrogens with one attached hydrogen (secondary N) is 3. The van der Waals surface area contributed by atoms with Gasteiger partial charge in [0.05, 0.1) is 18.0 Å². The molecule has 2 amide bonds. The number of hydrazine groups is 1. The zero-order valence-electron chi connectivity index (χ0n) is 14.7. The van der Waals surface area contributed by atoms with Crippen molar-refractivity contribution < 1.29 is 9.59 Å². The number of halogens is 1. The van der Waals surface area contributed by atoms with Gasteiger partial charge < -0.3 is 10.2 Å². The molecule has 0 saturated carbocycles. The summed E-state index contributed by atoms with van der Waals surface area (Å²) in [6, 6.07) is 16.8. The first-order valence-corrected chi connectivity index (χ1v) is 9.39. The lowest BCUT2D eigenvalue weighted by molar-refractivity contribution is -0.125. The summed E-state index contributed by atoms with van der Waals surface area (Å²) in [4.78, 5) is 26.9. The minimum atomic E-state index is -0.230. The summed E-state index contributed by atoms with van der Waals surface area (Å²) in [6.45, 7) is 1.02. The van der Waals surface area contributed by atoms with Crippen LogP contribution in [0.15, 0.2) is 54.6 Å². The first-order valence-electron chi connectivity index (χ1n) is 9.01. The molecule has 0 spiro atoms. The molecule has 2 heterocycles. The van der Waals surface area contributed by atoms with Crippen molar-refractivity contribution in [2.24, 2.45) is 5.92 Å². The van der Waals surface area contributed by atoms with Crippen LogP contribution >= 0.6 is 11.6 Å². The van der Waals surface area contributed by atoms with E-state index in [9.17, 15) is 9.59 Å². The van der Waals surface area contributed by atoms with Crippen LogP contribution in [0.2, 0.25) is 5.02 Å². The lowest BCUT2D eigenvalue weighted by Gasteiger charge is -2.21. The standard InChI is InChI=1S/C20H21ClN4O2/c21-14-6-8-16(9-7-14)25-12-15(10-18(25)26)23-20(27)17-11-22-24-19(17)13-4-2-1-3-5-13/h1-9,15,17,19,22,24H,10-12H2,(H,23,27). The number of carbonyl (C=O) groups is 2. The van der Waals surface area contributed by atoms with Crippen LogP contribution < -0.4 is 21.1 Å². The molecule has 6 nitrogen and oxygen atoms in total. The van der Waals surface area contributed by atoms with Crippen molar-refractivity contribution in [1.29, 1.82) is 0 Å². The summed E-state index contributed by atoms with van der Waals surface area (Å²) in [5.41, 5.74) is 8.11. The predicted molar refractivity (Wildman–Crippen MR) is 104 cm³/mol. The lowest BCUT2D eigenvalue weighted by atomic mass is 9.94. The lowest BCUT2D eigenvalue weighted by Crippen LogP contribution is -2.42. The van der Waals surface area contributed by atoms with Gasteiger partial charge >= 0.3 is 0 Å². The summed E-state index contributed by atoms with van der Waals surface area (Å²) < 4.78 is 0. The van der Waals surface area contributed by atoms with Gasteiger partial charge in [0.25, 0.3) is 0 Å². The number of nitrogens with zero attached hydrogens (tertiary/aromatic N) is 1. The van der Waals surface area contributed by atoms with Gasteiger partial charge in [-0.15, -0.1) is 0 Å². The van der Waals surface area contributed by atoms with E-state index >= 15 is 0 Å². The Labute approximate surface area is 162 Å². The van der Waals surface area contributed by atoms with Gasteiger partial charge in [0.15, 0.2) is 0 Å². The van der Waals surface area contributed by atoms with Crippen LogP contribution in [0.5, 0.6) is 0 Å². The SMILES string of the molecule is O=C(NC1CC(=O)N(c2ccc(Cl)cc2)C1)C1CNNC1c1ccccc1. The van der Waals surface area contributed by atoms with Crippen LogP contribution in [0, 0.1) is 5.92 Å². The van der Waals surface area contributed by atoms with E-state index in [4.69, 9.17) is 11.6 Å². The molecule has 2 fully saturated rings. The van der Waals surface area contributed by atoms with Crippen molar-refractivity contribution in [1.82, 2.24) is 16.2 Å². The number of benzene rings is 2. The number of rotatable bonds is 4. The van der Waals surface area contributed by atoms with E-state index in [-0.39, 0.29) is 29.8 Å². The van der Waals surface area contributed by atoms with Gasteiger partial charge in [-0.05, 0) is 29.8 Å². The second-order valence-electron chi connectivity index (χ2n) is 6.91. The minimum absolute atomic E-state index is 0.00454. The molecule has 3 N–H and O–H groups in total. The van der Waals surface area contributed by atoms with Crippen molar-refractivity contribution in [3.8, 4) is 0 Å². The number of hydrogen-bond donors (Lipinski definition) is 3. The highest BCUT2D eigenvalue weighted by Crippen LogP contribution is 2.27. The van der Waals surface area contributed by atoms with E-state index in [2.05, 4.69) is 16.2 Å². The fraction of sp³-hybridized carbons (Fsp3) is 0.300. The molecular weight excluding hydrogens is 364 g/mol. The third-order valence-electron chi connectivity index (χ3n) is 5.09. The highest BCUT2D eigenvalue weighted by atomic mass is 35.5. The molecule has 0 aromatic heterocycles. The van der Waals surface area contributed by atoms with E-state index in [1.807, 2.05) is 42.5 Å². The molecule has 2 aromatic carbocycles. The van der Waals surface area contributed by atoms with Gasteiger partial charge in [0.1, 0.15) is 0 Å². The second-order valence-corrected chi connectivity index (χ2v) is 7.35. The fourth-order valence-electron chi connectivity index (χ4n) is 3.70. The number of amides is 2. The van der Waals surface area contributed by atoms with Crippen LogP contribution in [-0.4, -0.2) is 30.9 Å². The van der Waals surface area contributed by atoms with Crippen LogP contribution in [0.25, 0.3) is 0 Å². The third kappa shape index (κ3) is 3.83. The van der Waals surface area contributed by atoms with Crippen LogP contribution in [0.4, 0.5) is 5.69 Å². The summed E-state index contributed by atoms with van der Waals surface area (Å²) in [5, 5.41) is 3.68. The summed E-state index contributed by atoms with van der Waals surface area (Å²) in [6.07, 6.45) is 0.304. The Morgan fingerprint density at radius 3 is 2.59 bits per heavy atom. The minimum Gasteiger partial charge on any atom is -0.351 e. The topological polar surface area (TPSA) is 73.5 Å². The van der Waals surface area contributed by atoms with E-state index in [0.717, 1.165) is 11.3 Å². The van der Waals surface area contributed by atoms with E-state index in [0.29, 0.717) is 24.5 Å². The Bertz CT molecular complexity index is 828. The average Bonchev–Trinajstić information content (AvgIpc) is 3.30. The van der Waals surface area contributed by atoms with Crippen LogP contribution in [0.1, 0.15) is 18.0 Å². The van der Waals surface area contributed by atoms with Gasteiger partial charge in [-0.3, -0.25) is 15.0 Å². The van der Waals surface area contributed by atoms with E-state index in [1.165, 1.54) is 0 Å². The molecule has 4 rings (SSSR count).